The van der Waals surface area contributed by atoms with Gasteiger partial charge in [0.15, 0.2) is 17.2 Å². The number of hydrogen-bond acceptors (Lipinski definition) is 5. The fourth-order valence-electron chi connectivity index (χ4n) is 1.73. The Kier molecular flexibility index (Phi) is 3.37. The third kappa shape index (κ3) is 2.35. The van der Waals surface area contributed by atoms with Crippen LogP contribution in [0, 0.1) is 0 Å². The van der Waals surface area contributed by atoms with E-state index in [0.717, 1.165) is 0 Å². The number of ether oxygens (including phenoxy) is 2. The minimum atomic E-state index is -1.13. The van der Waals surface area contributed by atoms with Crippen LogP contribution in [-0.4, -0.2) is 40.3 Å². The van der Waals surface area contributed by atoms with Gasteiger partial charge in [0.2, 0.25) is 0 Å². The van der Waals surface area contributed by atoms with Gasteiger partial charge in [0.25, 0.3) is 0 Å². The minimum Gasteiger partial charge on any atom is -0.493 e. The Morgan fingerprint density at radius 1 is 1.21 bits per heavy atom. The summed E-state index contributed by atoms with van der Waals surface area (Å²) in [6, 6.07) is 5.06. The third-order valence-electron chi connectivity index (χ3n) is 2.57. The summed E-state index contributed by atoms with van der Waals surface area (Å²) in [5, 5.41) is 17.0. The quantitative estimate of drug-likeness (QED) is 0.891. The Morgan fingerprint density at radius 2 is 1.89 bits per heavy atom. The molecule has 1 heterocycles. The van der Waals surface area contributed by atoms with Gasteiger partial charge in [0.1, 0.15) is 5.69 Å². The highest BCUT2D eigenvalue weighted by molar-refractivity contribution is 5.92. The van der Waals surface area contributed by atoms with Crippen molar-refractivity contribution in [2.24, 2.45) is 7.05 Å². The predicted octanol–water partition coefficient (Wildman–Crippen LogP) is 1.20. The highest BCUT2D eigenvalue weighted by Crippen LogP contribution is 2.32. The Labute approximate surface area is 109 Å². The van der Waals surface area contributed by atoms with Crippen LogP contribution >= 0.6 is 0 Å². The standard InChI is InChI=1S/C12H13N3O4/c1-15-13-10(11(14-15)12(16)17)7-4-5-8(18-2)9(6-7)19-3/h4-6H,1-3H3,(H,16,17). The summed E-state index contributed by atoms with van der Waals surface area (Å²) < 4.78 is 10.3. The molecule has 19 heavy (non-hydrogen) atoms. The molecule has 7 heteroatoms. The molecule has 7 nitrogen and oxygen atoms in total. The van der Waals surface area contributed by atoms with Crippen LogP contribution in [0.5, 0.6) is 11.5 Å². The average Bonchev–Trinajstić information content (AvgIpc) is 2.80. The Bertz CT molecular complexity index is 621. The SMILES string of the molecule is COc1ccc(-c2nn(C)nc2C(=O)O)cc1OC. The van der Waals surface area contributed by atoms with Crippen LogP contribution in [0.1, 0.15) is 10.5 Å². The van der Waals surface area contributed by atoms with Crippen molar-refractivity contribution in [2.45, 2.75) is 0 Å². The molecule has 2 rings (SSSR count). The van der Waals surface area contributed by atoms with Gasteiger partial charge in [-0.3, -0.25) is 0 Å². The first kappa shape index (κ1) is 12.9. The van der Waals surface area contributed by atoms with E-state index >= 15 is 0 Å². The van der Waals surface area contributed by atoms with Crippen molar-refractivity contribution in [1.29, 1.82) is 0 Å². The van der Waals surface area contributed by atoms with Crippen LogP contribution in [0.15, 0.2) is 18.2 Å². The summed E-state index contributed by atoms with van der Waals surface area (Å²) in [6.07, 6.45) is 0. The van der Waals surface area contributed by atoms with Crippen LogP contribution in [0.2, 0.25) is 0 Å². The summed E-state index contributed by atoms with van der Waals surface area (Å²) in [6.45, 7) is 0. The second-order valence-electron chi connectivity index (χ2n) is 3.76. The van der Waals surface area contributed by atoms with Crippen molar-refractivity contribution >= 4 is 5.97 Å². The summed E-state index contributed by atoms with van der Waals surface area (Å²) in [4.78, 5) is 12.3. The number of methoxy groups -OCH3 is 2. The van der Waals surface area contributed by atoms with Crippen LogP contribution in [0.3, 0.4) is 0 Å². The molecule has 0 saturated carbocycles. The molecule has 0 aliphatic carbocycles. The zero-order valence-corrected chi connectivity index (χ0v) is 10.7. The van der Waals surface area contributed by atoms with Gasteiger partial charge in [-0.1, -0.05) is 0 Å². The van der Waals surface area contributed by atoms with Crippen molar-refractivity contribution in [1.82, 2.24) is 15.0 Å². The van der Waals surface area contributed by atoms with E-state index in [2.05, 4.69) is 10.2 Å². The van der Waals surface area contributed by atoms with Gasteiger partial charge < -0.3 is 14.6 Å². The minimum absolute atomic E-state index is 0.102. The fraction of sp³-hybridized carbons (Fsp3) is 0.250. The molecule has 2 aromatic rings. The van der Waals surface area contributed by atoms with Crippen molar-refractivity contribution in [3.8, 4) is 22.8 Å². The van der Waals surface area contributed by atoms with Crippen molar-refractivity contribution in [3.63, 3.8) is 0 Å². The number of aromatic nitrogens is 3. The van der Waals surface area contributed by atoms with E-state index in [1.807, 2.05) is 0 Å². The molecular formula is C12H13N3O4. The maximum atomic E-state index is 11.1. The number of rotatable bonds is 4. The average molecular weight is 263 g/mol. The van der Waals surface area contributed by atoms with Crippen LogP contribution in [0.4, 0.5) is 0 Å². The Morgan fingerprint density at radius 3 is 2.47 bits per heavy atom. The summed E-state index contributed by atoms with van der Waals surface area (Å²) >= 11 is 0. The van der Waals surface area contributed by atoms with Gasteiger partial charge in [-0.2, -0.15) is 9.90 Å². The molecule has 0 radical (unpaired) electrons. The lowest BCUT2D eigenvalue weighted by molar-refractivity contribution is 0.0690. The van der Waals surface area contributed by atoms with Gasteiger partial charge >= 0.3 is 5.97 Å². The molecule has 1 N–H and O–H groups in total. The lowest BCUT2D eigenvalue weighted by Gasteiger charge is -2.08. The molecule has 1 aromatic heterocycles. The van der Waals surface area contributed by atoms with Gasteiger partial charge in [0, 0.05) is 12.6 Å². The van der Waals surface area contributed by atoms with E-state index < -0.39 is 5.97 Å². The van der Waals surface area contributed by atoms with Gasteiger partial charge in [-0.25, -0.2) is 4.79 Å². The molecule has 0 aliphatic rings. The van der Waals surface area contributed by atoms with E-state index in [1.165, 1.54) is 19.0 Å². The van der Waals surface area contributed by atoms with Crippen LogP contribution < -0.4 is 9.47 Å². The van der Waals surface area contributed by atoms with Gasteiger partial charge in [-0.15, -0.1) is 5.10 Å². The summed E-state index contributed by atoms with van der Waals surface area (Å²) in [7, 11) is 4.61. The summed E-state index contributed by atoms with van der Waals surface area (Å²) in [5.41, 5.74) is 0.786. The zero-order valence-electron chi connectivity index (χ0n) is 10.7. The van der Waals surface area contributed by atoms with Crippen molar-refractivity contribution in [3.05, 3.63) is 23.9 Å². The first-order chi connectivity index (χ1) is 9.06. The van der Waals surface area contributed by atoms with E-state index in [-0.39, 0.29) is 11.4 Å². The van der Waals surface area contributed by atoms with E-state index in [1.54, 1.807) is 25.2 Å². The number of nitrogens with zero attached hydrogens (tertiary/aromatic N) is 3. The van der Waals surface area contributed by atoms with Crippen LogP contribution in [0.25, 0.3) is 11.3 Å². The van der Waals surface area contributed by atoms with Gasteiger partial charge in [-0.05, 0) is 18.2 Å². The van der Waals surface area contributed by atoms with Crippen molar-refractivity contribution < 1.29 is 19.4 Å². The molecule has 0 saturated heterocycles. The van der Waals surface area contributed by atoms with Crippen molar-refractivity contribution in [2.75, 3.05) is 14.2 Å². The highest BCUT2D eigenvalue weighted by Gasteiger charge is 2.19. The maximum Gasteiger partial charge on any atom is 0.358 e. The number of aryl methyl sites for hydroxylation is 1. The molecule has 0 atom stereocenters. The summed E-state index contributed by atoms with van der Waals surface area (Å²) in [5.74, 6) is -0.0631. The molecule has 100 valence electrons. The van der Waals surface area contributed by atoms with E-state index in [4.69, 9.17) is 14.6 Å². The largest absolute Gasteiger partial charge is 0.493 e. The smallest absolute Gasteiger partial charge is 0.358 e. The second kappa shape index (κ2) is 4.97. The lowest BCUT2D eigenvalue weighted by Crippen LogP contribution is -2.00. The number of carboxylic acid groups (broad SMARTS) is 1. The Hall–Kier alpha value is -2.57. The molecule has 1 aromatic carbocycles. The maximum absolute atomic E-state index is 11.1. The first-order valence-electron chi connectivity index (χ1n) is 5.43. The normalized spacial score (nSPS) is 10.3. The number of carbonyl (C=O) groups is 1. The van der Waals surface area contributed by atoms with Gasteiger partial charge in [0.05, 0.1) is 14.2 Å². The lowest BCUT2D eigenvalue weighted by atomic mass is 10.1. The predicted molar refractivity (Wildman–Crippen MR) is 66.5 cm³/mol. The molecule has 0 fully saturated rings. The molecule has 0 bridgehead atoms. The molecule has 0 unspecified atom stereocenters. The monoisotopic (exact) mass is 263 g/mol. The number of hydrogen-bond donors (Lipinski definition) is 1. The molecular weight excluding hydrogens is 250 g/mol. The molecule has 0 aliphatic heterocycles. The second-order valence-corrected chi connectivity index (χ2v) is 3.76. The number of carboxylic acids is 1. The first-order valence-corrected chi connectivity index (χ1v) is 5.43. The number of benzene rings is 1. The fourth-order valence-corrected chi connectivity index (χ4v) is 1.73. The van der Waals surface area contributed by atoms with E-state index in [9.17, 15) is 4.79 Å². The van der Waals surface area contributed by atoms with E-state index in [0.29, 0.717) is 17.1 Å². The Balaban J connectivity index is 2.56. The number of aromatic carboxylic acids is 1. The molecule has 0 spiro atoms. The zero-order chi connectivity index (χ0) is 14.0. The highest BCUT2D eigenvalue weighted by atomic mass is 16.5. The topological polar surface area (TPSA) is 86.5 Å². The van der Waals surface area contributed by atoms with Crippen LogP contribution in [-0.2, 0) is 7.05 Å². The molecule has 0 amide bonds. The third-order valence-corrected chi connectivity index (χ3v) is 2.57.